The third kappa shape index (κ3) is 3.14. The lowest BCUT2D eigenvalue weighted by molar-refractivity contribution is -0.141. The van der Waals surface area contributed by atoms with Crippen LogP contribution in [0, 0.1) is 0 Å². The van der Waals surface area contributed by atoms with E-state index < -0.39 is 12.7 Å². The van der Waals surface area contributed by atoms with Crippen molar-refractivity contribution < 1.29 is 13.2 Å². The molecule has 0 fully saturated rings. The molecule has 0 unspecified atom stereocenters. The monoisotopic (exact) mass is 261 g/mol. The van der Waals surface area contributed by atoms with Crippen molar-refractivity contribution in [2.45, 2.75) is 19.3 Å². The number of hydrogen-bond acceptors (Lipinski definition) is 4. The molecule has 0 aliphatic carbocycles. The van der Waals surface area contributed by atoms with E-state index in [0.717, 1.165) is 11.1 Å². The first-order valence-electron chi connectivity index (χ1n) is 5.52. The highest BCUT2D eigenvalue weighted by Gasteiger charge is 2.28. The molecule has 0 amide bonds. The van der Waals surface area contributed by atoms with E-state index in [1.807, 2.05) is 11.9 Å². The summed E-state index contributed by atoms with van der Waals surface area (Å²) in [5.74, 6) is 1.03. The normalized spacial score (nSPS) is 16.0. The van der Waals surface area contributed by atoms with E-state index in [1.54, 1.807) is 0 Å². The Morgan fingerprint density at radius 2 is 2.22 bits per heavy atom. The molecule has 1 aliphatic rings. The molecule has 0 saturated heterocycles. The largest absolute Gasteiger partial charge is 0.406 e. The molecule has 2 heterocycles. The maximum absolute atomic E-state index is 12.3. The number of hydrogen-bond donors (Lipinski definition) is 1. The van der Waals surface area contributed by atoms with E-state index in [2.05, 4.69) is 15.3 Å². The smallest absolute Gasteiger partial charge is 0.349 e. The fourth-order valence-electron chi connectivity index (χ4n) is 1.73. The van der Waals surface area contributed by atoms with Gasteiger partial charge in [0.2, 0.25) is 0 Å². The molecule has 18 heavy (non-hydrogen) atoms. The predicted octanol–water partition coefficient (Wildman–Crippen LogP) is 0.836. The highest BCUT2D eigenvalue weighted by atomic mass is 19.4. The Kier molecular flexibility index (Phi) is 3.44. The van der Waals surface area contributed by atoms with Crippen LogP contribution in [-0.2, 0) is 13.1 Å². The van der Waals surface area contributed by atoms with E-state index in [-0.39, 0.29) is 6.54 Å². The van der Waals surface area contributed by atoms with Crippen molar-refractivity contribution in [1.82, 2.24) is 19.8 Å². The van der Waals surface area contributed by atoms with Gasteiger partial charge in [-0.1, -0.05) is 0 Å². The molecule has 0 saturated carbocycles. The van der Waals surface area contributed by atoms with Crippen molar-refractivity contribution >= 4 is 5.96 Å². The maximum atomic E-state index is 12.3. The zero-order valence-electron chi connectivity index (χ0n) is 9.91. The van der Waals surface area contributed by atoms with Crippen LogP contribution in [0.15, 0.2) is 17.4 Å². The zero-order valence-corrected chi connectivity index (χ0v) is 9.91. The van der Waals surface area contributed by atoms with Gasteiger partial charge in [-0.05, 0) is 0 Å². The summed E-state index contributed by atoms with van der Waals surface area (Å²) in [4.78, 5) is 10.0. The molecule has 100 valence electrons. The second-order valence-electron chi connectivity index (χ2n) is 4.07. The average molecular weight is 261 g/mol. The molecule has 1 aliphatic heterocycles. The fourth-order valence-corrected chi connectivity index (χ4v) is 1.73. The Labute approximate surface area is 102 Å². The molecule has 0 bridgehead atoms. The van der Waals surface area contributed by atoms with Crippen molar-refractivity contribution in [2.75, 3.05) is 20.1 Å². The number of aromatic nitrogens is 2. The van der Waals surface area contributed by atoms with Crippen LogP contribution in [-0.4, -0.2) is 46.7 Å². The van der Waals surface area contributed by atoms with Crippen molar-refractivity contribution in [1.29, 1.82) is 0 Å². The summed E-state index contributed by atoms with van der Waals surface area (Å²) in [6.07, 6.45) is -1.55. The molecular formula is C10H14F3N5. The van der Waals surface area contributed by atoms with Gasteiger partial charge in [0.05, 0.1) is 13.1 Å². The molecular weight excluding hydrogens is 247 g/mol. The van der Waals surface area contributed by atoms with E-state index in [9.17, 15) is 13.2 Å². The van der Waals surface area contributed by atoms with Crippen molar-refractivity contribution in [2.24, 2.45) is 4.99 Å². The van der Waals surface area contributed by atoms with Crippen LogP contribution < -0.4 is 5.32 Å². The number of nitrogens with zero attached hydrogens (tertiary/aromatic N) is 4. The SMILES string of the molecule is CN1CCN=C1NCc1nccn1CC(F)(F)F. The van der Waals surface area contributed by atoms with E-state index >= 15 is 0 Å². The van der Waals surface area contributed by atoms with Gasteiger partial charge in [0, 0.05) is 26.0 Å². The summed E-state index contributed by atoms with van der Waals surface area (Å²) in [6, 6.07) is 0. The molecule has 1 N–H and O–H groups in total. The van der Waals surface area contributed by atoms with Gasteiger partial charge in [-0.25, -0.2) is 4.98 Å². The Balaban J connectivity index is 1.96. The quantitative estimate of drug-likeness (QED) is 0.877. The summed E-state index contributed by atoms with van der Waals surface area (Å²) >= 11 is 0. The minimum Gasteiger partial charge on any atom is -0.349 e. The number of halogens is 3. The standard InChI is InChI=1S/C10H14F3N5/c1-17-4-2-15-9(17)16-6-8-14-3-5-18(8)7-10(11,12)13/h3,5H,2,4,6-7H2,1H3,(H,15,16). The number of imidazole rings is 1. The first-order chi connectivity index (χ1) is 8.46. The first kappa shape index (κ1) is 12.7. The molecule has 0 aromatic carbocycles. The third-order valence-corrected chi connectivity index (χ3v) is 2.61. The Hall–Kier alpha value is -1.73. The summed E-state index contributed by atoms with van der Waals surface area (Å²) in [5, 5.41) is 2.99. The van der Waals surface area contributed by atoms with E-state index in [0.29, 0.717) is 18.3 Å². The Morgan fingerprint density at radius 3 is 2.83 bits per heavy atom. The lowest BCUT2D eigenvalue weighted by atomic mass is 10.5. The van der Waals surface area contributed by atoms with Gasteiger partial charge in [0.25, 0.3) is 0 Å². The van der Waals surface area contributed by atoms with Crippen LogP contribution >= 0.6 is 0 Å². The van der Waals surface area contributed by atoms with Gasteiger partial charge in [-0.3, -0.25) is 4.99 Å². The molecule has 8 heteroatoms. The lowest BCUT2D eigenvalue weighted by Crippen LogP contribution is -2.36. The molecule has 0 atom stereocenters. The van der Waals surface area contributed by atoms with E-state index in [4.69, 9.17) is 0 Å². The minimum absolute atomic E-state index is 0.228. The third-order valence-electron chi connectivity index (χ3n) is 2.61. The van der Waals surface area contributed by atoms with Crippen LogP contribution in [0.5, 0.6) is 0 Å². The maximum Gasteiger partial charge on any atom is 0.406 e. The summed E-state index contributed by atoms with van der Waals surface area (Å²) in [6.45, 7) is 0.730. The summed E-state index contributed by atoms with van der Waals surface area (Å²) < 4.78 is 38.0. The van der Waals surface area contributed by atoms with Crippen LogP contribution in [0.2, 0.25) is 0 Å². The Bertz CT molecular complexity index is 437. The number of guanidine groups is 1. The highest BCUT2D eigenvalue weighted by molar-refractivity contribution is 5.81. The van der Waals surface area contributed by atoms with Crippen LogP contribution in [0.3, 0.4) is 0 Å². The average Bonchev–Trinajstić information content (AvgIpc) is 2.83. The van der Waals surface area contributed by atoms with Crippen molar-refractivity contribution in [3.63, 3.8) is 0 Å². The Morgan fingerprint density at radius 1 is 1.44 bits per heavy atom. The first-order valence-corrected chi connectivity index (χ1v) is 5.52. The fraction of sp³-hybridized carbons (Fsp3) is 0.600. The zero-order chi connectivity index (χ0) is 13.2. The lowest BCUT2D eigenvalue weighted by Gasteiger charge is -2.16. The second-order valence-corrected chi connectivity index (χ2v) is 4.07. The molecule has 0 spiro atoms. The number of rotatable bonds is 3. The van der Waals surface area contributed by atoms with E-state index in [1.165, 1.54) is 12.4 Å². The number of nitrogens with one attached hydrogen (secondary N) is 1. The molecule has 5 nitrogen and oxygen atoms in total. The summed E-state index contributed by atoms with van der Waals surface area (Å²) in [7, 11) is 1.88. The van der Waals surface area contributed by atoms with Gasteiger partial charge in [-0.15, -0.1) is 0 Å². The van der Waals surface area contributed by atoms with Crippen LogP contribution in [0.1, 0.15) is 5.82 Å². The topological polar surface area (TPSA) is 45.4 Å². The molecule has 0 radical (unpaired) electrons. The second kappa shape index (κ2) is 4.87. The minimum atomic E-state index is -4.24. The van der Waals surface area contributed by atoms with Crippen LogP contribution in [0.25, 0.3) is 0 Å². The van der Waals surface area contributed by atoms with Gasteiger partial charge in [-0.2, -0.15) is 13.2 Å². The van der Waals surface area contributed by atoms with Gasteiger partial charge in [0.1, 0.15) is 12.4 Å². The molecule has 1 aromatic heterocycles. The van der Waals surface area contributed by atoms with Gasteiger partial charge < -0.3 is 14.8 Å². The number of aliphatic imine (C=N–C) groups is 1. The number of alkyl halides is 3. The van der Waals surface area contributed by atoms with Crippen molar-refractivity contribution in [3.05, 3.63) is 18.2 Å². The molecule has 2 rings (SSSR count). The predicted molar refractivity (Wildman–Crippen MR) is 60.1 cm³/mol. The molecule has 1 aromatic rings. The van der Waals surface area contributed by atoms with Crippen LogP contribution in [0.4, 0.5) is 13.2 Å². The summed E-state index contributed by atoms with van der Waals surface area (Å²) in [5.41, 5.74) is 0. The van der Waals surface area contributed by atoms with Gasteiger partial charge >= 0.3 is 6.18 Å². The number of likely N-dealkylation sites (N-methyl/N-ethyl adjacent to an activating group) is 1. The van der Waals surface area contributed by atoms with Crippen molar-refractivity contribution in [3.8, 4) is 0 Å². The van der Waals surface area contributed by atoms with Gasteiger partial charge in [0.15, 0.2) is 5.96 Å². The highest BCUT2D eigenvalue weighted by Crippen LogP contribution is 2.18.